The molecule has 0 aromatic heterocycles. The van der Waals surface area contributed by atoms with Gasteiger partial charge in [-0.3, -0.25) is 0 Å². The SMILES string of the molecule is C=Cc1ccc(COC2=CC=C(C(C)(c3ccc(OCc4ccc(C=C)cc4)cc3)c3ccc(C(C)(C)c4ccc(OCc5ccc(C=C)cc5)cc4)cc3)CC2)cc1. The fourth-order valence-corrected chi connectivity index (χ4v) is 7.69. The topological polar surface area (TPSA) is 27.7 Å². The lowest BCUT2D eigenvalue weighted by Gasteiger charge is -2.36. The van der Waals surface area contributed by atoms with Crippen LogP contribution < -0.4 is 9.47 Å². The Bertz CT molecular complexity index is 2410. The van der Waals surface area contributed by atoms with Crippen LogP contribution in [0.2, 0.25) is 0 Å². The van der Waals surface area contributed by atoms with Gasteiger partial charge in [-0.2, -0.15) is 0 Å². The number of allylic oxidation sites excluding steroid dienone is 4. The zero-order chi connectivity index (χ0) is 41.2. The van der Waals surface area contributed by atoms with Crippen LogP contribution in [0.1, 0.15) is 89.2 Å². The lowest BCUT2D eigenvalue weighted by molar-refractivity contribution is 0.187. The molecule has 0 saturated carbocycles. The molecule has 3 nitrogen and oxygen atoms in total. The van der Waals surface area contributed by atoms with Crippen molar-refractivity contribution >= 4 is 18.2 Å². The second-order valence-electron chi connectivity index (χ2n) is 15.9. The third-order valence-electron chi connectivity index (χ3n) is 11.8. The summed E-state index contributed by atoms with van der Waals surface area (Å²) < 4.78 is 18.7. The van der Waals surface area contributed by atoms with Gasteiger partial charge < -0.3 is 14.2 Å². The van der Waals surface area contributed by atoms with Crippen LogP contribution in [0.15, 0.2) is 189 Å². The molecule has 7 rings (SSSR count). The van der Waals surface area contributed by atoms with E-state index in [0.717, 1.165) is 63.5 Å². The predicted molar refractivity (Wildman–Crippen MR) is 246 cm³/mol. The van der Waals surface area contributed by atoms with E-state index in [1.165, 1.54) is 27.8 Å². The van der Waals surface area contributed by atoms with Gasteiger partial charge in [-0.05, 0) is 99.3 Å². The van der Waals surface area contributed by atoms with Gasteiger partial charge in [0.25, 0.3) is 0 Å². The van der Waals surface area contributed by atoms with Crippen LogP contribution in [-0.2, 0) is 35.4 Å². The molecule has 296 valence electrons. The van der Waals surface area contributed by atoms with E-state index in [4.69, 9.17) is 14.2 Å². The molecule has 1 unspecified atom stereocenters. The van der Waals surface area contributed by atoms with Gasteiger partial charge in [0.1, 0.15) is 31.3 Å². The fourth-order valence-electron chi connectivity index (χ4n) is 7.69. The molecular formula is C56H54O3. The quantitative estimate of drug-likeness (QED) is 0.0924. The second kappa shape index (κ2) is 18.3. The average molecular weight is 775 g/mol. The van der Waals surface area contributed by atoms with E-state index in [9.17, 15) is 0 Å². The Morgan fingerprint density at radius 1 is 0.424 bits per heavy atom. The minimum atomic E-state index is -0.380. The van der Waals surface area contributed by atoms with Crippen molar-refractivity contribution in [3.05, 3.63) is 244 Å². The molecule has 0 spiro atoms. The lowest BCUT2D eigenvalue weighted by Crippen LogP contribution is -2.28. The van der Waals surface area contributed by atoms with Crippen LogP contribution in [0.4, 0.5) is 0 Å². The molecule has 1 atom stereocenters. The summed E-state index contributed by atoms with van der Waals surface area (Å²) in [6.45, 7) is 20.1. The first kappa shape index (κ1) is 40.6. The molecule has 0 bridgehead atoms. The highest BCUT2D eigenvalue weighted by Gasteiger charge is 2.35. The standard InChI is InChI=1S/C56H54O3/c1-7-41-10-16-44(17-11-41)38-57-52-32-26-48(27-33-52)55(4,5)47-22-24-49(25-23-47)56(6,50-28-34-53(35-29-50)58-39-45-18-12-42(8-2)13-19-45)51-30-36-54(37-31-51)59-40-46-20-14-43(9-3)15-21-46/h7-30,32-36H,1-3,31,37-40H2,4-6H3. The number of rotatable bonds is 17. The van der Waals surface area contributed by atoms with Gasteiger partial charge in [-0.15, -0.1) is 0 Å². The highest BCUT2D eigenvalue weighted by atomic mass is 16.5. The Balaban J connectivity index is 1.11. The average Bonchev–Trinajstić information content (AvgIpc) is 3.30. The maximum absolute atomic E-state index is 6.31. The molecule has 0 aliphatic heterocycles. The van der Waals surface area contributed by atoms with Crippen LogP contribution in [0.3, 0.4) is 0 Å². The smallest absolute Gasteiger partial charge is 0.119 e. The molecular weight excluding hydrogens is 721 g/mol. The molecule has 6 aromatic rings. The molecule has 6 aromatic carbocycles. The van der Waals surface area contributed by atoms with Gasteiger partial charge in [-0.1, -0.05) is 185 Å². The van der Waals surface area contributed by atoms with Crippen molar-refractivity contribution in [2.45, 2.75) is 64.3 Å². The zero-order valence-corrected chi connectivity index (χ0v) is 34.6. The molecule has 0 radical (unpaired) electrons. The summed E-state index contributed by atoms with van der Waals surface area (Å²) in [6, 6.07) is 51.3. The van der Waals surface area contributed by atoms with Gasteiger partial charge in [0.15, 0.2) is 0 Å². The van der Waals surface area contributed by atoms with E-state index in [1.54, 1.807) is 0 Å². The normalized spacial score (nSPS) is 13.6. The highest BCUT2D eigenvalue weighted by Crippen LogP contribution is 2.44. The van der Waals surface area contributed by atoms with Crippen LogP contribution in [-0.4, -0.2) is 0 Å². The van der Waals surface area contributed by atoms with Crippen molar-refractivity contribution in [3.8, 4) is 11.5 Å². The summed E-state index contributed by atoms with van der Waals surface area (Å²) in [4.78, 5) is 0. The Hall–Kier alpha value is -6.58. The maximum atomic E-state index is 6.31. The molecule has 1 aliphatic carbocycles. The maximum Gasteiger partial charge on any atom is 0.119 e. The molecule has 0 heterocycles. The summed E-state index contributed by atoms with van der Waals surface area (Å²) in [5.74, 6) is 2.70. The van der Waals surface area contributed by atoms with Crippen molar-refractivity contribution in [1.82, 2.24) is 0 Å². The van der Waals surface area contributed by atoms with E-state index in [0.29, 0.717) is 19.8 Å². The Morgan fingerprint density at radius 2 is 0.780 bits per heavy atom. The van der Waals surface area contributed by atoms with Crippen LogP contribution in [0.25, 0.3) is 18.2 Å². The summed E-state index contributed by atoms with van der Waals surface area (Å²) >= 11 is 0. The fraction of sp³-hybridized carbons (Fsp3) is 0.179. The number of ether oxygens (including phenoxy) is 3. The summed E-state index contributed by atoms with van der Waals surface area (Å²) in [6.07, 6.45) is 11.7. The van der Waals surface area contributed by atoms with Gasteiger partial charge in [-0.25, -0.2) is 0 Å². The predicted octanol–water partition coefficient (Wildman–Crippen LogP) is 14.2. The van der Waals surface area contributed by atoms with Crippen molar-refractivity contribution in [3.63, 3.8) is 0 Å². The first-order valence-electron chi connectivity index (χ1n) is 20.4. The highest BCUT2D eigenvalue weighted by molar-refractivity contribution is 5.53. The minimum Gasteiger partial charge on any atom is -0.493 e. The molecule has 0 fully saturated rings. The molecule has 3 heteroatoms. The Labute approximate surface area is 351 Å². The van der Waals surface area contributed by atoms with Gasteiger partial charge in [0, 0.05) is 17.3 Å². The molecule has 0 N–H and O–H groups in total. The van der Waals surface area contributed by atoms with Crippen molar-refractivity contribution in [2.24, 2.45) is 0 Å². The number of hydrogen-bond donors (Lipinski definition) is 0. The summed E-state index contributed by atoms with van der Waals surface area (Å²) in [5.41, 5.74) is 12.4. The van der Waals surface area contributed by atoms with Crippen molar-refractivity contribution < 1.29 is 14.2 Å². The largest absolute Gasteiger partial charge is 0.493 e. The van der Waals surface area contributed by atoms with E-state index in [2.05, 4.69) is 198 Å². The molecule has 0 amide bonds. The van der Waals surface area contributed by atoms with E-state index in [1.807, 2.05) is 18.2 Å². The van der Waals surface area contributed by atoms with Gasteiger partial charge in [0.05, 0.1) is 5.76 Å². The van der Waals surface area contributed by atoms with E-state index < -0.39 is 0 Å². The third kappa shape index (κ3) is 9.59. The van der Waals surface area contributed by atoms with Crippen LogP contribution in [0.5, 0.6) is 11.5 Å². The van der Waals surface area contributed by atoms with Crippen LogP contribution in [0, 0.1) is 0 Å². The number of hydrogen-bond acceptors (Lipinski definition) is 3. The Kier molecular flexibility index (Phi) is 12.6. The first-order chi connectivity index (χ1) is 28.7. The number of benzene rings is 6. The minimum absolute atomic E-state index is 0.218. The second-order valence-corrected chi connectivity index (χ2v) is 15.9. The van der Waals surface area contributed by atoms with E-state index in [-0.39, 0.29) is 10.8 Å². The Morgan fingerprint density at radius 3 is 1.15 bits per heavy atom. The molecule has 0 saturated heterocycles. The van der Waals surface area contributed by atoms with Crippen LogP contribution >= 0.6 is 0 Å². The molecule has 59 heavy (non-hydrogen) atoms. The lowest BCUT2D eigenvalue weighted by atomic mass is 9.67. The first-order valence-corrected chi connectivity index (χ1v) is 20.4. The van der Waals surface area contributed by atoms with Crippen molar-refractivity contribution in [1.29, 1.82) is 0 Å². The summed E-state index contributed by atoms with van der Waals surface area (Å²) in [5, 5.41) is 0. The van der Waals surface area contributed by atoms with Gasteiger partial charge in [0.2, 0.25) is 0 Å². The van der Waals surface area contributed by atoms with Gasteiger partial charge >= 0.3 is 0 Å². The zero-order valence-electron chi connectivity index (χ0n) is 34.6. The monoisotopic (exact) mass is 774 g/mol. The van der Waals surface area contributed by atoms with E-state index >= 15 is 0 Å². The summed E-state index contributed by atoms with van der Waals surface area (Å²) in [7, 11) is 0. The van der Waals surface area contributed by atoms with Crippen molar-refractivity contribution in [2.75, 3.05) is 0 Å². The molecule has 1 aliphatic rings. The third-order valence-corrected chi connectivity index (χ3v) is 11.8.